The van der Waals surface area contributed by atoms with Crippen molar-refractivity contribution < 1.29 is 13.2 Å². The number of aryl methyl sites for hydroxylation is 1. The Hall–Kier alpha value is -1.17. The Morgan fingerprint density at radius 1 is 1.36 bits per heavy atom. The summed E-state index contributed by atoms with van der Waals surface area (Å²) in [6.45, 7) is 1.14. The summed E-state index contributed by atoms with van der Waals surface area (Å²) in [5.74, 6) is -1.73. The molecule has 0 aliphatic carbocycles. The highest BCUT2D eigenvalue weighted by atomic mass is 19.4. The molecule has 0 saturated carbocycles. The molecule has 2 N–H and O–H groups in total. The van der Waals surface area contributed by atoms with Crippen LogP contribution in [0.1, 0.15) is 17.3 Å². The SMILES string of the molecule is Cc1cnc(C(CN)C(F)(F)F)cn1. The third-order valence-corrected chi connectivity index (χ3v) is 1.79. The van der Waals surface area contributed by atoms with Crippen LogP contribution < -0.4 is 5.73 Å². The monoisotopic (exact) mass is 205 g/mol. The van der Waals surface area contributed by atoms with Gasteiger partial charge in [0.05, 0.1) is 11.4 Å². The van der Waals surface area contributed by atoms with Crippen LogP contribution in [-0.4, -0.2) is 22.7 Å². The first kappa shape index (κ1) is 10.9. The first-order valence-corrected chi connectivity index (χ1v) is 4.00. The van der Waals surface area contributed by atoms with Crippen molar-refractivity contribution in [1.29, 1.82) is 0 Å². The van der Waals surface area contributed by atoms with Gasteiger partial charge in [0, 0.05) is 18.9 Å². The molecule has 0 radical (unpaired) electrons. The molecule has 14 heavy (non-hydrogen) atoms. The average Bonchev–Trinajstić information content (AvgIpc) is 2.07. The molecule has 1 unspecified atom stereocenters. The van der Waals surface area contributed by atoms with Crippen LogP contribution in [0.2, 0.25) is 0 Å². The highest BCUT2D eigenvalue weighted by Crippen LogP contribution is 2.32. The number of hydrogen-bond acceptors (Lipinski definition) is 3. The maximum absolute atomic E-state index is 12.4. The van der Waals surface area contributed by atoms with Gasteiger partial charge in [-0.1, -0.05) is 0 Å². The largest absolute Gasteiger partial charge is 0.398 e. The maximum Gasteiger partial charge on any atom is 0.398 e. The zero-order valence-corrected chi connectivity index (χ0v) is 7.54. The normalized spacial score (nSPS) is 14.1. The summed E-state index contributed by atoms with van der Waals surface area (Å²) in [7, 11) is 0. The molecular formula is C8H10F3N3. The Bertz CT molecular complexity index is 294. The van der Waals surface area contributed by atoms with Crippen molar-refractivity contribution in [2.45, 2.75) is 19.0 Å². The van der Waals surface area contributed by atoms with E-state index in [1.807, 2.05) is 0 Å². The van der Waals surface area contributed by atoms with Gasteiger partial charge in [-0.2, -0.15) is 13.2 Å². The summed E-state index contributed by atoms with van der Waals surface area (Å²) in [5, 5.41) is 0. The van der Waals surface area contributed by atoms with E-state index in [1.165, 1.54) is 6.20 Å². The van der Waals surface area contributed by atoms with Gasteiger partial charge in [-0.3, -0.25) is 9.97 Å². The zero-order valence-electron chi connectivity index (χ0n) is 7.54. The molecule has 1 heterocycles. The van der Waals surface area contributed by atoms with E-state index in [2.05, 4.69) is 9.97 Å². The number of nitrogens with zero attached hydrogens (tertiary/aromatic N) is 2. The van der Waals surface area contributed by atoms with E-state index in [0.29, 0.717) is 5.69 Å². The van der Waals surface area contributed by atoms with Crippen LogP contribution in [0.25, 0.3) is 0 Å². The minimum atomic E-state index is -4.36. The Morgan fingerprint density at radius 2 is 2.00 bits per heavy atom. The van der Waals surface area contributed by atoms with E-state index in [1.54, 1.807) is 6.92 Å². The lowest BCUT2D eigenvalue weighted by Gasteiger charge is -2.17. The fraction of sp³-hybridized carbons (Fsp3) is 0.500. The van der Waals surface area contributed by atoms with Gasteiger partial charge in [0.2, 0.25) is 0 Å². The average molecular weight is 205 g/mol. The lowest BCUT2D eigenvalue weighted by Crippen LogP contribution is -2.28. The van der Waals surface area contributed by atoms with Crippen LogP contribution in [0.15, 0.2) is 12.4 Å². The van der Waals surface area contributed by atoms with E-state index in [4.69, 9.17) is 5.73 Å². The molecular weight excluding hydrogens is 195 g/mol. The topological polar surface area (TPSA) is 51.8 Å². The Morgan fingerprint density at radius 3 is 2.36 bits per heavy atom. The molecule has 1 aromatic heterocycles. The molecule has 78 valence electrons. The van der Waals surface area contributed by atoms with Crippen molar-refractivity contribution in [3.8, 4) is 0 Å². The van der Waals surface area contributed by atoms with Gasteiger partial charge >= 0.3 is 6.18 Å². The van der Waals surface area contributed by atoms with Crippen molar-refractivity contribution in [1.82, 2.24) is 9.97 Å². The maximum atomic E-state index is 12.4. The number of hydrogen-bond donors (Lipinski definition) is 1. The van der Waals surface area contributed by atoms with E-state index in [9.17, 15) is 13.2 Å². The molecule has 1 aromatic rings. The molecule has 0 aliphatic rings. The van der Waals surface area contributed by atoms with Crippen LogP contribution in [-0.2, 0) is 0 Å². The fourth-order valence-electron chi connectivity index (χ4n) is 1.00. The standard InChI is InChI=1S/C8H10F3N3/c1-5-3-14-7(4-13-5)6(2-12)8(9,10)11/h3-4,6H,2,12H2,1H3. The summed E-state index contributed by atoms with van der Waals surface area (Å²) in [5.41, 5.74) is 5.48. The molecule has 1 rings (SSSR count). The van der Waals surface area contributed by atoms with Gasteiger partial charge in [0.15, 0.2) is 0 Å². The summed E-state index contributed by atoms with van der Waals surface area (Å²) < 4.78 is 37.1. The highest BCUT2D eigenvalue weighted by molar-refractivity contribution is 5.09. The number of halogens is 3. The van der Waals surface area contributed by atoms with Crippen LogP contribution in [0, 0.1) is 6.92 Å². The van der Waals surface area contributed by atoms with Crippen molar-refractivity contribution in [3.05, 3.63) is 23.8 Å². The van der Waals surface area contributed by atoms with Gasteiger partial charge in [-0.25, -0.2) is 0 Å². The third-order valence-electron chi connectivity index (χ3n) is 1.79. The predicted octanol–water partition coefficient (Wildman–Crippen LogP) is 1.39. The molecule has 0 bridgehead atoms. The lowest BCUT2D eigenvalue weighted by molar-refractivity contribution is -0.148. The summed E-state index contributed by atoms with van der Waals surface area (Å²) >= 11 is 0. The molecule has 1 atom stereocenters. The van der Waals surface area contributed by atoms with Crippen LogP contribution in [0.3, 0.4) is 0 Å². The van der Waals surface area contributed by atoms with Gasteiger partial charge in [-0.05, 0) is 6.92 Å². The summed E-state index contributed by atoms with van der Waals surface area (Å²) in [6.07, 6.45) is -1.96. The summed E-state index contributed by atoms with van der Waals surface area (Å²) in [6, 6.07) is 0. The van der Waals surface area contributed by atoms with Gasteiger partial charge in [0.25, 0.3) is 0 Å². The van der Waals surface area contributed by atoms with Crippen LogP contribution in [0.5, 0.6) is 0 Å². The highest BCUT2D eigenvalue weighted by Gasteiger charge is 2.40. The second-order valence-electron chi connectivity index (χ2n) is 2.91. The van der Waals surface area contributed by atoms with Gasteiger partial charge in [-0.15, -0.1) is 0 Å². The van der Waals surface area contributed by atoms with E-state index in [-0.39, 0.29) is 5.69 Å². The Balaban J connectivity index is 2.96. The fourth-order valence-corrected chi connectivity index (χ4v) is 1.00. The number of nitrogens with two attached hydrogens (primary N) is 1. The number of aromatic nitrogens is 2. The first-order chi connectivity index (χ1) is 6.45. The second-order valence-corrected chi connectivity index (χ2v) is 2.91. The summed E-state index contributed by atoms with van der Waals surface area (Å²) in [4.78, 5) is 7.40. The third kappa shape index (κ3) is 2.41. The molecule has 0 saturated heterocycles. The van der Waals surface area contributed by atoms with Crippen LogP contribution in [0.4, 0.5) is 13.2 Å². The number of rotatable bonds is 2. The molecule has 0 spiro atoms. The molecule has 0 aromatic carbocycles. The second kappa shape index (κ2) is 3.91. The Kier molecular flexibility index (Phi) is 3.05. The van der Waals surface area contributed by atoms with E-state index in [0.717, 1.165) is 6.20 Å². The molecule has 3 nitrogen and oxygen atoms in total. The number of alkyl halides is 3. The van der Waals surface area contributed by atoms with Crippen molar-refractivity contribution in [3.63, 3.8) is 0 Å². The Labute approximate surface area is 79.2 Å². The molecule has 0 aliphatic heterocycles. The first-order valence-electron chi connectivity index (χ1n) is 4.00. The van der Waals surface area contributed by atoms with Crippen molar-refractivity contribution >= 4 is 0 Å². The van der Waals surface area contributed by atoms with Gasteiger partial charge in [0.1, 0.15) is 5.92 Å². The van der Waals surface area contributed by atoms with Gasteiger partial charge < -0.3 is 5.73 Å². The predicted molar refractivity (Wildman–Crippen MR) is 44.6 cm³/mol. The molecule has 0 amide bonds. The van der Waals surface area contributed by atoms with E-state index < -0.39 is 18.6 Å². The minimum Gasteiger partial charge on any atom is -0.329 e. The van der Waals surface area contributed by atoms with Crippen LogP contribution >= 0.6 is 0 Å². The van der Waals surface area contributed by atoms with E-state index >= 15 is 0 Å². The molecule has 0 fully saturated rings. The minimum absolute atomic E-state index is 0.134. The smallest absolute Gasteiger partial charge is 0.329 e. The quantitative estimate of drug-likeness (QED) is 0.793. The lowest BCUT2D eigenvalue weighted by atomic mass is 10.1. The van der Waals surface area contributed by atoms with Crippen molar-refractivity contribution in [2.75, 3.05) is 6.54 Å². The zero-order chi connectivity index (χ0) is 10.8. The van der Waals surface area contributed by atoms with Crippen molar-refractivity contribution in [2.24, 2.45) is 5.73 Å². The molecule has 6 heteroatoms.